The van der Waals surface area contributed by atoms with Crippen LogP contribution in [0.15, 0.2) is 29.2 Å². The van der Waals surface area contributed by atoms with Crippen molar-refractivity contribution < 1.29 is 8.42 Å². The zero-order valence-corrected chi connectivity index (χ0v) is 8.58. The second-order valence-corrected chi connectivity index (χ2v) is 4.86. The van der Waals surface area contributed by atoms with E-state index >= 15 is 0 Å². The Labute approximate surface area is 87.8 Å². The monoisotopic (exact) mass is 223 g/mol. The normalized spacial score (nSPS) is 22.2. The molecular formula is C9H9N3O2S. The molecule has 0 saturated heterocycles. The fraction of sp³-hybridized carbons (Fsp3) is 0.222. The fourth-order valence-electron chi connectivity index (χ4n) is 1.47. The highest BCUT2D eigenvalue weighted by molar-refractivity contribution is 7.89. The number of para-hydroxylation sites is 1. The van der Waals surface area contributed by atoms with Crippen molar-refractivity contribution in [3.8, 4) is 6.07 Å². The molecule has 2 N–H and O–H groups in total. The minimum atomic E-state index is -3.48. The number of benzene rings is 1. The highest BCUT2D eigenvalue weighted by atomic mass is 32.2. The quantitative estimate of drug-likeness (QED) is 0.731. The molecule has 1 atom stereocenters. The first-order valence-corrected chi connectivity index (χ1v) is 5.86. The van der Waals surface area contributed by atoms with Gasteiger partial charge in [-0.25, -0.2) is 8.42 Å². The molecule has 15 heavy (non-hydrogen) atoms. The molecule has 0 saturated carbocycles. The molecule has 1 aliphatic heterocycles. The van der Waals surface area contributed by atoms with Gasteiger partial charge in [0.05, 0.1) is 18.2 Å². The Morgan fingerprint density at radius 1 is 1.40 bits per heavy atom. The molecule has 5 nitrogen and oxygen atoms in total. The lowest BCUT2D eigenvalue weighted by molar-refractivity contribution is 0.558. The third-order valence-electron chi connectivity index (χ3n) is 2.10. The van der Waals surface area contributed by atoms with Crippen LogP contribution >= 0.6 is 0 Å². The number of hydrogen-bond acceptors (Lipinski definition) is 4. The summed E-state index contributed by atoms with van der Waals surface area (Å²) in [7, 11) is -3.48. The largest absolute Gasteiger partial charge is 0.367 e. The van der Waals surface area contributed by atoms with Gasteiger partial charge in [0.1, 0.15) is 11.1 Å². The number of rotatable bonds is 1. The van der Waals surface area contributed by atoms with E-state index in [1.165, 1.54) is 6.07 Å². The summed E-state index contributed by atoms with van der Waals surface area (Å²) in [5.41, 5.74) is 0.538. The van der Waals surface area contributed by atoms with Crippen LogP contribution in [0.4, 0.5) is 5.69 Å². The molecule has 0 bridgehead atoms. The molecular weight excluding hydrogens is 214 g/mol. The van der Waals surface area contributed by atoms with Gasteiger partial charge >= 0.3 is 0 Å². The molecule has 2 rings (SSSR count). The van der Waals surface area contributed by atoms with E-state index in [0.717, 1.165) is 0 Å². The van der Waals surface area contributed by atoms with E-state index in [4.69, 9.17) is 5.26 Å². The van der Waals surface area contributed by atoms with Crippen LogP contribution in [0.1, 0.15) is 6.42 Å². The van der Waals surface area contributed by atoms with E-state index in [1.54, 1.807) is 18.2 Å². The molecule has 0 aliphatic carbocycles. The van der Waals surface area contributed by atoms with Gasteiger partial charge in [0, 0.05) is 0 Å². The zero-order chi connectivity index (χ0) is 10.9. The summed E-state index contributed by atoms with van der Waals surface area (Å²) < 4.78 is 25.8. The lowest BCUT2D eigenvalue weighted by Crippen LogP contribution is -2.44. The van der Waals surface area contributed by atoms with Crippen molar-refractivity contribution >= 4 is 15.7 Å². The van der Waals surface area contributed by atoms with Crippen molar-refractivity contribution in [2.45, 2.75) is 17.5 Å². The van der Waals surface area contributed by atoms with Crippen molar-refractivity contribution in [3.63, 3.8) is 0 Å². The molecule has 1 aromatic rings. The third kappa shape index (κ3) is 1.79. The standard InChI is InChI=1S/C9H9N3O2S/c10-6-5-9-11-7-3-1-2-4-8(7)15(13,14)12-9/h1-4,9,11-12H,5H2. The van der Waals surface area contributed by atoms with E-state index in [9.17, 15) is 8.42 Å². The summed E-state index contributed by atoms with van der Waals surface area (Å²) in [4.78, 5) is 0.221. The molecule has 0 radical (unpaired) electrons. The SMILES string of the molecule is N#CCC1Nc2ccccc2S(=O)(=O)N1. The lowest BCUT2D eigenvalue weighted by Gasteiger charge is -2.26. The smallest absolute Gasteiger partial charge is 0.244 e. The maximum Gasteiger partial charge on any atom is 0.244 e. The van der Waals surface area contributed by atoms with E-state index < -0.39 is 16.2 Å². The van der Waals surface area contributed by atoms with E-state index in [-0.39, 0.29) is 11.3 Å². The Morgan fingerprint density at radius 2 is 2.13 bits per heavy atom. The first kappa shape index (κ1) is 9.96. The van der Waals surface area contributed by atoms with Crippen LogP contribution in [-0.2, 0) is 10.0 Å². The van der Waals surface area contributed by atoms with Crippen LogP contribution in [0.2, 0.25) is 0 Å². The van der Waals surface area contributed by atoms with Crippen LogP contribution < -0.4 is 10.0 Å². The van der Waals surface area contributed by atoms with Gasteiger partial charge in [-0.1, -0.05) is 12.1 Å². The third-order valence-corrected chi connectivity index (χ3v) is 3.63. The molecule has 0 amide bonds. The topological polar surface area (TPSA) is 82.0 Å². The van der Waals surface area contributed by atoms with Crippen LogP contribution in [0.5, 0.6) is 0 Å². The molecule has 1 unspecified atom stereocenters. The van der Waals surface area contributed by atoms with Crippen LogP contribution in [0, 0.1) is 11.3 Å². The maximum absolute atomic E-state index is 11.7. The Bertz CT molecular complexity index is 518. The minimum Gasteiger partial charge on any atom is -0.367 e. The summed E-state index contributed by atoms with van der Waals surface area (Å²) in [5.74, 6) is 0. The Kier molecular flexibility index (Phi) is 2.34. The predicted octanol–water partition coefficient (Wildman–Crippen LogP) is 0.630. The van der Waals surface area contributed by atoms with Crippen LogP contribution in [0.3, 0.4) is 0 Å². The molecule has 0 spiro atoms. The van der Waals surface area contributed by atoms with Crippen molar-refractivity contribution in [2.24, 2.45) is 0 Å². The van der Waals surface area contributed by atoms with Gasteiger partial charge in [-0.2, -0.15) is 9.98 Å². The Hall–Kier alpha value is -1.58. The lowest BCUT2D eigenvalue weighted by atomic mass is 10.3. The molecule has 0 aromatic heterocycles. The number of sulfonamides is 1. The van der Waals surface area contributed by atoms with E-state index in [2.05, 4.69) is 10.0 Å². The van der Waals surface area contributed by atoms with Gasteiger partial charge in [-0.3, -0.25) is 0 Å². The number of nitriles is 1. The summed E-state index contributed by atoms with van der Waals surface area (Å²) in [6.45, 7) is 0. The highest BCUT2D eigenvalue weighted by Crippen LogP contribution is 2.25. The summed E-state index contributed by atoms with van der Waals surface area (Å²) in [6.07, 6.45) is -0.456. The summed E-state index contributed by atoms with van der Waals surface area (Å²) >= 11 is 0. The van der Waals surface area contributed by atoms with E-state index in [1.807, 2.05) is 6.07 Å². The van der Waals surface area contributed by atoms with Crippen molar-refractivity contribution in [3.05, 3.63) is 24.3 Å². The predicted molar refractivity (Wildman–Crippen MR) is 54.4 cm³/mol. The maximum atomic E-state index is 11.7. The number of nitrogens with zero attached hydrogens (tertiary/aromatic N) is 1. The Morgan fingerprint density at radius 3 is 2.87 bits per heavy atom. The molecule has 1 heterocycles. The second-order valence-electron chi connectivity index (χ2n) is 3.18. The van der Waals surface area contributed by atoms with Crippen molar-refractivity contribution in [2.75, 3.05) is 5.32 Å². The highest BCUT2D eigenvalue weighted by Gasteiger charge is 2.28. The first-order valence-electron chi connectivity index (χ1n) is 4.38. The fourth-order valence-corrected chi connectivity index (χ4v) is 2.79. The van der Waals surface area contributed by atoms with Gasteiger partial charge < -0.3 is 5.32 Å². The second kappa shape index (κ2) is 3.53. The number of nitrogens with one attached hydrogen (secondary N) is 2. The van der Waals surface area contributed by atoms with E-state index in [0.29, 0.717) is 5.69 Å². The molecule has 6 heteroatoms. The average Bonchev–Trinajstić information content (AvgIpc) is 2.17. The van der Waals surface area contributed by atoms with Gasteiger partial charge in [0.2, 0.25) is 10.0 Å². The number of anilines is 1. The first-order chi connectivity index (χ1) is 7.13. The zero-order valence-electron chi connectivity index (χ0n) is 7.77. The molecule has 0 fully saturated rings. The summed E-state index contributed by atoms with van der Waals surface area (Å²) in [5, 5.41) is 11.5. The van der Waals surface area contributed by atoms with Gasteiger partial charge in [-0.05, 0) is 12.1 Å². The average molecular weight is 223 g/mol. The number of hydrogen-bond donors (Lipinski definition) is 2. The molecule has 78 valence electrons. The number of fused-ring (bicyclic) bond motifs is 1. The minimum absolute atomic E-state index is 0.0908. The molecule has 1 aliphatic rings. The molecule has 1 aromatic carbocycles. The van der Waals surface area contributed by atoms with Gasteiger partial charge in [-0.15, -0.1) is 0 Å². The van der Waals surface area contributed by atoms with Gasteiger partial charge in [0.15, 0.2) is 0 Å². The van der Waals surface area contributed by atoms with Crippen molar-refractivity contribution in [1.29, 1.82) is 5.26 Å². The summed E-state index contributed by atoms with van der Waals surface area (Å²) in [6, 6.07) is 8.52. The Balaban J connectivity index is 2.45. The van der Waals surface area contributed by atoms with Crippen LogP contribution in [0.25, 0.3) is 0 Å². The van der Waals surface area contributed by atoms with Crippen LogP contribution in [-0.4, -0.2) is 14.6 Å². The van der Waals surface area contributed by atoms with Gasteiger partial charge in [0.25, 0.3) is 0 Å². The van der Waals surface area contributed by atoms with Crippen molar-refractivity contribution in [1.82, 2.24) is 4.72 Å².